The van der Waals surface area contributed by atoms with Crippen LogP contribution in [-0.4, -0.2) is 24.1 Å². The number of hydrogen-bond donors (Lipinski definition) is 0. The van der Waals surface area contributed by atoms with E-state index < -0.39 is 11.7 Å². The summed E-state index contributed by atoms with van der Waals surface area (Å²) in [6.45, 7) is 0. The Balaban J connectivity index is 1.06. The number of aromatic nitrogens is 5. The number of fused-ring (bicyclic) bond motifs is 6. The summed E-state index contributed by atoms with van der Waals surface area (Å²) in [6.07, 6.45) is -4.82. The number of nitrogens with zero attached hydrogens (tertiary/aromatic N) is 5. The van der Waals surface area contributed by atoms with Crippen LogP contribution >= 0.6 is 0 Å². The highest BCUT2D eigenvalue weighted by atomic mass is 19.4. The average Bonchev–Trinajstić information content (AvgIpc) is 1.98. The second-order valence-corrected chi connectivity index (χ2v) is 21.0. The van der Waals surface area contributed by atoms with Crippen LogP contribution < -0.4 is 0 Å². The van der Waals surface area contributed by atoms with Gasteiger partial charge in [-0.25, -0.2) is 15.0 Å². The van der Waals surface area contributed by atoms with E-state index >= 15 is 13.2 Å². The lowest BCUT2D eigenvalue weighted by Gasteiger charge is -2.23. The van der Waals surface area contributed by atoms with Gasteiger partial charge in [-0.3, -0.25) is 0 Å². The molecule has 0 fully saturated rings. The van der Waals surface area contributed by atoms with Crippen molar-refractivity contribution in [1.82, 2.24) is 24.1 Å². The number of alkyl halides is 3. The van der Waals surface area contributed by atoms with E-state index in [9.17, 15) is 0 Å². The van der Waals surface area contributed by atoms with Gasteiger partial charge in [0.05, 0.1) is 39.0 Å². The highest BCUT2D eigenvalue weighted by molar-refractivity contribution is 6.14. The van der Waals surface area contributed by atoms with Gasteiger partial charge in [0.2, 0.25) is 0 Å². The van der Waals surface area contributed by atoms with E-state index in [2.05, 4.69) is 114 Å². The molecular weight excluding hydrogens is 1040 g/mol. The van der Waals surface area contributed by atoms with Crippen LogP contribution in [0.1, 0.15) is 5.56 Å². The summed E-state index contributed by atoms with van der Waals surface area (Å²) in [7, 11) is 0. The van der Waals surface area contributed by atoms with Gasteiger partial charge in [0, 0.05) is 49.4 Å². The molecular formula is C76H48F3N5. The van der Waals surface area contributed by atoms with E-state index in [0.29, 0.717) is 40.0 Å². The van der Waals surface area contributed by atoms with Gasteiger partial charge >= 0.3 is 6.18 Å². The van der Waals surface area contributed by atoms with Gasteiger partial charge in [-0.2, -0.15) is 13.2 Å². The van der Waals surface area contributed by atoms with Crippen LogP contribution in [0.2, 0.25) is 0 Å². The Bertz CT molecular complexity index is 4710. The third kappa shape index (κ3) is 8.89. The summed E-state index contributed by atoms with van der Waals surface area (Å²) < 4.78 is 54.3. The fourth-order valence-electron chi connectivity index (χ4n) is 12.1. The van der Waals surface area contributed by atoms with Crippen molar-refractivity contribution < 1.29 is 13.2 Å². The van der Waals surface area contributed by atoms with Gasteiger partial charge in [-0.15, -0.1) is 0 Å². The van der Waals surface area contributed by atoms with Gasteiger partial charge in [-0.1, -0.05) is 212 Å². The predicted octanol–water partition coefficient (Wildman–Crippen LogP) is 20.4. The molecule has 3 heterocycles. The van der Waals surface area contributed by atoms with E-state index in [0.717, 1.165) is 99.2 Å². The van der Waals surface area contributed by atoms with Crippen molar-refractivity contribution in [1.29, 1.82) is 0 Å². The smallest absolute Gasteiger partial charge is 0.309 e. The first kappa shape index (κ1) is 50.0. The second kappa shape index (κ2) is 20.5. The molecule has 0 saturated heterocycles. The zero-order chi connectivity index (χ0) is 56.3. The van der Waals surface area contributed by atoms with E-state index in [-0.39, 0.29) is 5.56 Å². The van der Waals surface area contributed by atoms with Gasteiger partial charge in [0.25, 0.3) is 0 Å². The van der Waals surface area contributed by atoms with E-state index in [1.165, 1.54) is 12.1 Å². The van der Waals surface area contributed by atoms with Crippen molar-refractivity contribution in [3.63, 3.8) is 0 Å². The molecule has 0 amide bonds. The summed E-state index contributed by atoms with van der Waals surface area (Å²) in [6, 6.07) is 95.8. The van der Waals surface area contributed by atoms with Gasteiger partial charge < -0.3 is 9.13 Å². The quantitative estimate of drug-likeness (QED) is 0.137. The number of hydrogen-bond acceptors (Lipinski definition) is 3. The topological polar surface area (TPSA) is 48.5 Å². The minimum Gasteiger partial charge on any atom is -0.309 e. The Labute approximate surface area is 482 Å². The number of rotatable bonds is 10. The summed E-state index contributed by atoms with van der Waals surface area (Å²) in [5.74, 6) is 1.17. The molecule has 0 radical (unpaired) electrons. The fraction of sp³-hybridized carbons (Fsp3) is 0.0132. The number of benzene rings is 12. The third-order valence-electron chi connectivity index (χ3n) is 16.0. The van der Waals surface area contributed by atoms with E-state index in [4.69, 9.17) is 15.0 Å². The molecule has 84 heavy (non-hydrogen) atoms. The molecule has 398 valence electrons. The molecule has 12 aromatic carbocycles. The monoisotopic (exact) mass is 1090 g/mol. The normalized spacial score (nSPS) is 11.8. The molecule has 15 aromatic rings. The van der Waals surface area contributed by atoms with Crippen molar-refractivity contribution in [2.24, 2.45) is 0 Å². The minimum absolute atomic E-state index is 0.00245. The molecule has 0 saturated carbocycles. The van der Waals surface area contributed by atoms with Crippen LogP contribution in [0.15, 0.2) is 291 Å². The SMILES string of the molecule is FC(F)(F)c1cccc(-n2c3ccc(-c4ccccc4)cc3c3cc(-c4ccccc4)ccc32)c1-c1cc(-c2nc(-c3ccccc3)nc(-c3ccccc3)n2)ccc1-n1c2ccc(-c3ccccc3)cc2c2cc(-c3ccccc3)ccc21. The molecule has 0 aliphatic rings. The molecule has 3 aromatic heterocycles. The summed E-state index contributed by atoms with van der Waals surface area (Å²) in [4.78, 5) is 15.3. The highest BCUT2D eigenvalue weighted by Crippen LogP contribution is 2.48. The molecule has 15 rings (SSSR count). The zero-order valence-corrected chi connectivity index (χ0v) is 45.1. The first-order chi connectivity index (χ1) is 41.3. The molecule has 0 aliphatic carbocycles. The lowest BCUT2D eigenvalue weighted by molar-refractivity contribution is -0.137. The fourth-order valence-corrected chi connectivity index (χ4v) is 12.1. The van der Waals surface area contributed by atoms with Crippen LogP contribution in [0.4, 0.5) is 13.2 Å². The first-order valence-corrected chi connectivity index (χ1v) is 27.9. The molecule has 0 bridgehead atoms. The maximum atomic E-state index is 16.7. The Morgan fingerprint density at radius 3 is 0.905 bits per heavy atom. The Morgan fingerprint density at radius 2 is 0.560 bits per heavy atom. The van der Waals surface area contributed by atoms with Gasteiger partial charge in [0.1, 0.15) is 0 Å². The molecule has 0 N–H and O–H groups in total. The second-order valence-electron chi connectivity index (χ2n) is 21.0. The Kier molecular flexibility index (Phi) is 12.2. The van der Waals surface area contributed by atoms with Crippen LogP contribution in [0.25, 0.3) is 145 Å². The summed E-state index contributed by atoms with van der Waals surface area (Å²) in [5, 5.41) is 3.71. The molecule has 8 heteroatoms. The van der Waals surface area contributed by atoms with Crippen molar-refractivity contribution in [3.05, 3.63) is 297 Å². The molecule has 0 atom stereocenters. The lowest BCUT2D eigenvalue weighted by Crippen LogP contribution is -2.11. The van der Waals surface area contributed by atoms with Gasteiger partial charge in [0.15, 0.2) is 17.5 Å². The Morgan fingerprint density at radius 1 is 0.250 bits per heavy atom. The van der Waals surface area contributed by atoms with Crippen molar-refractivity contribution in [3.8, 4) is 101 Å². The van der Waals surface area contributed by atoms with Crippen LogP contribution in [0.3, 0.4) is 0 Å². The van der Waals surface area contributed by atoms with Crippen molar-refractivity contribution in [2.45, 2.75) is 6.18 Å². The first-order valence-electron chi connectivity index (χ1n) is 27.9. The van der Waals surface area contributed by atoms with Crippen molar-refractivity contribution in [2.75, 3.05) is 0 Å². The predicted molar refractivity (Wildman–Crippen MR) is 337 cm³/mol. The lowest BCUT2D eigenvalue weighted by atomic mass is 9.93. The Hall–Kier alpha value is -11.0. The van der Waals surface area contributed by atoms with Crippen molar-refractivity contribution >= 4 is 43.6 Å². The van der Waals surface area contributed by atoms with E-state index in [1.807, 2.05) is 174 Å². The van der Waals surface area contributed by atoms with Gasteiger partial charge in [-0.05, 0) is 123 Å². The minimum atomic E-state index is -4.82. The average molecular weight is 1090 g/mol. The maximum Gasteiger partial charge on any atom is 0.417 e. The summed E-state index contributed by atoms with van der Waals surface area (Å²) >= 11 is 0. The maximum absolute atomic E-state index is 16.7. The van der Waals surface area contributed by atoms with E-state index in [1.54, 1.807) is 0 Å². The molecule has 0 spiro atoms. The third-order valence-corrected chi connectivity index (χ3v) is 16.0. The molecule has 0 unspecified atom stereocenters. The number of halogens is 3. The van der Waals surface area contributed by atoms with Crippen LogP contribution in [-0.2, 0) is 6.18 Å². The molecule has 5 nitrogen and oxygen atoms in total. The highest BCUT2D eigenvalue weighted by Gasteiger charge is 2.37. The summed E-state index contributed by atoms with van der Waals surface area (Å²) in [5.41, 5.74) is 13.8. The largest absolute Gasteiger partial charge is 0.417 e. The van der Waals surface area contributed by atoms with Crippen LogP contribution in [0.5, 0.6) is 0 Å². The molecule has 0 aliphatic heterocycles. The zero-order valence-electron chi connectivity index (χ0n) is 45.1. The van der Waals surface area contributed by atoms with Crippen LogP contribution in [0, 0.1) is 0 Å². The standard InChI is InChI=1S/C76H48F3N5/c77-76(78,79)65-32-19-33-71(84-68-41-36-57(51-24-11-3-12-25-51)46-62(68)63-47-58(37-42-69(63)84)52-26-13-4-14-27-52)72(65)64-48-59(75-81-73(53-28-15-5-16-29-53)80-74(82-75)54-30-17-6-18-31-54)38-43-70(64)83-66-39-34-55(49-20-7-1-8-21-49)44-60(66)61-45-56(35-40-67(61)83)50-22-9-2-10-23-50/h1-48H.